The van der Waals surface area contributed by atoms with Crippen molar-refractivity contribution in [3.05, 3.63) is 0 Å². The molecule has 134 valence electrons. The maximum absolute atomic E-state index is 5.98. The monoisotopic (exact) mass is 351 g/mol. The summed E-state index contributed by atoms with van der Waals surface area (Å²) >= 11 is 0. The van der Waals surface area contributed by atoms with Gasteiger partial charge in [-0.2, -0.15) is 0 Å². The molecule has 5 nitrogen and oxygen atoms in total. The van der Waals surface area contributed by atoms with E-state index in [0.29, 0.717) is 0 Å². The standard InChI is InChI=1S/C15H37NO4Si2/c1-8-10-12-16(13-11-9-2)22(19-5,20-6)15-14-21(7,17-3)18-4/h8-15H2,1-7H3. The third kappa shape index (κ3) is 6.78. The smallest absolute Gasteiger partial charge is 0.398 e. The second kappa shape index (κ2) is 11.7. The van der Waals surface area contributed by atoms with E-state index in [4.69, 9.17) is 17.7 Å². The van der Waals surface area contributed by atoms with Crippen molar-refractivity contribution in [2.45, 2.75) is 58.2 Å². The topological polar surface area (TPSA) is 40.2 Å². The van der Waals surface area contributed by atoms with Gasteiger partial charge < -0.3 is 17.7 Å². The van der Waals surface area contributed by atoms with E-state index in [1.54, 1.807) is 28.4 Å². The number of nitrogens with zero attached hydrogens (tertiary/aromatic N) is 1. The first-order valence-corrected chi connectivity index (χ1v) is 12.9. The minimum atomic E-state index is -2.38. The van der Waals surface area contributed by atoms with E-state index in [9.17, 15) is 0 Å². The van der Waals surface area contributed by atoms with Crippen LogP contribution in [-0.4, -0.2) is 63.4 Å². The maximum Gasteiger partial charge on any atom is 0.427 e. The zero-order valence-corrected chi connectivity index (χ0v) is 17.7. The van der Waals surface area contributed by atoms with E-state index < -0.39 is 17.3 Å². The van der Waals surface area contributed by atoms with Crippen molar-refractivity contribution in [3.63, 3.8) is 0 Å². The van der Waals surface area contributed by atoms with Crippen molar-refractivity contribution in [1.29, 1.82) is 0 Å². The molecule has 0 saturated heterocycles. The van der Waals surface area contributed by atoms with Gasteiger partial charge in [0.25, 0.3) is 0 Å². The number of hydrogen-bond donors (Lipinski definition) is 0. The quantitative estimate of drug-likeness (QED) is 0.448. The van der Waals surface area contributed by atoms with E-state index in [1.165, 1.54) is 25.7 Å². The van der Waals surface area contributed by atoms with Crippen LogP contribution in [0.15, 0.2) is 0 Å². The Hall–Kier alpha value is 0.234. The first-order chi connectivity index (χ1) is 10.5. The first-order valence-electron chi connectivity index (χ1n) is 8.43. The maximum atomic E-state index is 5.98. The summed E-state index contributed by atoms with van der Waals surface area (Å²) in [4.78, 5) is 0. The Morgan fingerprint density at radius 1 is 0.727 bits per heavy atom. The summed E-state index contributed by atoms with van der Waals surface area (Å²) in [6, 6.07) is 1.78. The molecule has 0 aromatic heterocycles. The summed E-state index contributed by atoms with van der Waals surface area (Å²) in [5, 5.41) is 0. The molecule has 0 aliphatic rings. The Morgan fingerprint density at radius 3 is 1.50 bits per heavy atom. The molecule has 0 saturated carbocycles. The Labute approximate surface area is 139 Å². The van der Waals surface area contributed by atoms with Gasteiger partial charge in [0.1, 0.15) is 0 Å². The van der Waals surface area contributed by atoms with Gasteiger partial charge in [0, 0.05) is 34.5 Å². The Kier molecular flexibility index (Phi) is 11.8. The zero-order valence-electron chi connectivity index (χ0n) is 15.7. The van der Waals surface area contributed by atoms with Gasteiger partial charge in [0.2, 0.25) is 0 Å². The molecule has 0 radical (unpaired) electrons. The van der Waals surface area contributed by atoms with Crippen molar-refractivity contribution in [2.24, 2.45) is 0 Å². The van der Waals surface area contributed by atoms with Crippen molar-refractivity contribution >= 4 is 17.3 Å². The molecule has 0 bridgehead atoms. The molecule has 7 heteroatoms. The molecular weight excluding hydrogens is 314 g/mol. The zero-order chi connectivity index (χ0) is 17.1. The van der Waals surface area contributed by atoms with Crippen LogP contribution in [0.3, 0.4) is 0 Å². The second-order valence-corrected chi connectivity index (χ2v) is 12.8. The van der Waals surface area contributed by atoms with Crippen LogP contribution < -0.4 is 0 Å². The molecule has 22 heavy (non-hydrogen) atoms. The summed E-state index contributed by atoms with van der Waals surface area (Å²) in [6.07, 6.45) is 4.72. The SMILES string of the molecule is CCCCN(CCCC)[Si](CC[Si](C)(OC)OC)(OC)OC. The van der Waals surface area contributed by atoms with Gasteiger partial charge in [-0.15, -0.1) is 0 Å². The number of hydrogen-bond acceptors (Lipinski definition) is 5. The predicted octanol–water partition coefficient (Wildman–Crippen LogP) is 3.49. The normalized spacial score (nSPS) is 13.1. The number of rotatable bonds is 14. The van der Waals surface area contributed by atoms with Crippen molar-refractivity contribution in [2.75, 3.05) is 41.5 Å². The highest BCUT2D eigenvalue weighted by Crippen LogP contribution is 2.26. The first kappa shape index (κ1) is 22.2. The molecule has 0 aliphatic heterocycles. The largest absolute Gasteiger partial charge is 0.427 e. The van der Waals surface area contributed by atoms with Gasteiger partial charge in [-0.1, -0.05) is 26.7 Å². The molecule has 0 amide bonds. The van der Waals surface area contributed by atoms with Gasteiger partial charge in [0.15, 0.2) is 0 Å². The molecule has 0 rings (SSSR count). The summed E-state index contributed by atoms with van der Waals surface area (Å²) in [5.74, 6) is 0. The molecule has 0 aromatic carbocycles. The van der Waals surface area contributed by atoms with Crippen LogP contribution in [0, 0.1) is 0 Å². The highest BCUT2D eigenvalue weighted by molar-refractivity contribution is 6.71. The van der Waals surface area contributed by atoms with Crippen molar-refractivity contribution < 1.29 is 17.7 Å². The van der Waals surface area contributed by atoms with Crippen LogP contribution >= 0.6 is 0 Å². The van der Waals surface area contributed by atoms with Gasteiger partial charge in [-0.05, 0) is 38.5 Å². The fraction of sp³-hybridized carbons (Fsp3) is 1.00. The lowest BCUT2D eigenvalue weighted by atomic mass is 10.3. The second-order valence-electron chi connectivity index (χ2n) is 5.86. The molecule has 0 heterocycles. The Balaban J connectivity index is 5.04. The summed E-state index contributed by atoms with van der Waals surface area (Å²) in [7, 11) is 2.58. The predicted molar refractivity (Wildman–Crippen MR) is 96.4 cm³/mol. The molecule has 0 spiro atoms. The molecular formula is C15H37NO4Si2. The van der Waals surface area contributed by atoms with E-state index in [1.807, 2.05) is 0 Å². The van der Waals surface area contributed by atoms with Crippen LogP contribution in [0.1, 0.15) is 39.5 Å². The highest BCUT2D eigenvalue weighted by atomic mass is 28.4. The van der Waals surface area contributed by atoms with Crippen LogP contribution in [0.25, 0.3) is 0 Å². The fourth-order valence-corrected chi connectivity index (χ4v) is 8.59. The molecule has 0 N–H and O–H groups in total. The average Bonchev–Trinajstić information content (AvgIpc) is 2.57. The lowest BCUT2D eigenvalue weighted by Gasteiger charge is -2.39. The lowest BCUT2D eigenvalue weighted by Crippen LogP contribution is -2.59. The van der Waals surface area contributed by atoms with Gasteiger partial charge >= 0.3 is 17.3 Å². The van der Waals surface area contributed by atoms with E-state index in [-0.39, 0.29) is 0 Å². The fourth-order valence-electron chi connectivity index (χ4n) is 2.53. The molecule has 0 aromatic rings. The summed E-state index contributed by atoms with van der Waals surface area (Å²) < 4.78 is 25.7. The van der Waals surface area contributed by atoms with Gasteiger partial charge in [-0.3, -0.25) is 4.57 Å². The lowest BCUT2D eigenvalue weighted by molar-refractivity contribution is 0.158. The molecule has 0 aliphatic carbocycles. The Bertz CT molecular complexity index is 266. The van der Waals surface area contributed by atoms with E-state index >= 15 is 0 Å². The molecule has 0 atom stereocenters. The van der Waals surface area contributed by atoms with Crippen molar-refractivity contribution in [1.82, 2.24) is 4.57 Å². The van der Waals surface area contributed by atoms with Crippen LogP contribution in [0.2, 0.25) is 18.6 Å². The third-order valence-corrected chi connectivity index (χ3v) is 11.4. The minimum absolute atomic E-state index is 0.887. The van der Waals surface area contributed by atoms with Crippen LogP contribution in [0.5, 0.6) is 0 Å². The third-order valence-electron chi connectivity index (χ3n) is 4.44. The van der Waals surface area contributed by atoms with Gasteiger partial charge in [0.05, 0.1) is 0 Å². The van der Waals surface area contributed by atoms with E-state index in [0.717, 1.165) is 25.2 Å². The van der Waals surface area contributed by atoms with Gasteiger partial charge in [-0.25, -0.2) is 0 Å². The van der Waals surface area contributed by atoms with Crippen LogP contribution in [0.4, 0.5) is 0 Å². The van der Waals surface area contributed by atoms with E-state index in [2.05, 4.69) is 25.0 Å². The minimum Gasteiger partial charge on any atom is -0.398 e. The Morgan fingerprint density at radius 2 is 1.18 bits per heavy atom. The summed E-state index contributed by atoms with van der Waals surface area (Å²) in [6.45, 7) is 8.63. The average molecular weight is 352 g/mol. The summed E-state index contributed by atoms with van der Waals surface area (Å²) in [5.41, 5.74) is 0. The molecule has 0 unspecified atom stereocenters. The molecule has 0 fully saturated rings. The van der Waals surface area contributed by atoms with Crippen LogP contribution in [-0.2, 0) is 17.7 Å². The number of unbranched alkanes of at least 4 members (excludes halogenated alkanes) is 2. The highest BCUT2D eigenvalue weighted by Gasteiger charge is 2.45. The van der Waals surface area contributed by atoms with Crippen molar-refractivity contribution in [3.8, 4) is 0 Å².